The number of aryl methyl sites for hydroxylation is 1. The number of anilines is 3. The number of benzene rings is 4. The molecule has 274 valence electrons. The lowest BCUT2D eigenvalue weighted by Crippen LogP contribution is -2.53. The fourth-order valence-electron chi connectivity index (χ4n) is 9.73. The summed E-state index contributed by atoms with van der Waals surface area (Å²) in [7, 11) is 0. The Labute approximate surface area is 317 Å². The van der Waals surface area contributed by atoms with Crippen molar-refractivity contribution >= 4 is 52.3 Å². The Morgan fingerprint density at radius 2 is 1.52 bits per heavy atom. The molecule has 3 heterocycles. The second-order valence-electron chi connectivity index (χ2n) is 14.9. The van der Waals surface area contributed by atoms with Gasteiger partial charge < -0.3 is 14.7 Å². The standard InChI is InChI=1S/C43H39ClN4O6/c1-25-7-9-27(10-8-25)45-48-40(51)35-24-34-31(38(32-16-15-30(49)23-36(32)44)43(35,42(48)53)26-5-3-2-4-6-26)17-18-33-37(34)41(52)47(39(33)50)29-13-11-28(12-14-29)46-19-21-54-22-20-46/h2-17,23,33-35,37-38,45,49H,18-22,24H2,1H3. The number of aromatic hydroxyl groups is 1. The van der Waals surface area contributed by atoms with Crippen LogP contribution in [0.3, 0.4) is 0 Å². The fraction of sp³-hybridized carbons (Fsp3) is 0.302. The average Bonchev–Trinajstić information content (AvgIpc) is 3.57. The molecule has 4 amide bonds. The van der Waals surface area contributed by atoms with Crippen LogP contribution >= 0.6 is 11.6 Å². The van der Waals surface area contributed by atoms with Gasteiger partial charge >= 0.3 is 0 Å². The Balaban J connectivity index is 1.16. The minimum atomic E-state index is -1.45. The van der Waals surface area contributed by atoms with Crippen molar-refractivity contribution in [2.24, 2.45) is 23.7 Å². The molecule has 11 heteroatoms. The maximum Gasteiger partial charge on any atom is 0.260 e. The number of hydrogen-bond donors (Lipinski definition) is 2. The topological polar surface area (TPSA) is 119 Å². The van der Waals surface area contributed by atoms with Crippen LogP contribution in [0.1, 0.15) is 35.4 Å². The summed E-state index contributed by atoms with van der Waals surface area (Å²) in [5, 5.41) is 11.8. The summed E-state index contributed by atoms with van der Waals surface area (Å²) in [5.74, 6) is -5.08. The van der Waals surface area contributed by atoms with Crippen molar-refractivity contribution in [1.29, 1.82) is 0 Å². The van der Waals surface area contributed by atoms with E-state index >= 15 is 4.79 Å². The molecule has 2 aliphatic carbocycles. The normalized spacial score (nSPS) is 27.8. The molecule has 3 aliphatic heterocycles. The van der Waals surface area contributed by atoms with Gasteiger partial charge in [-0.1, -0.05) is 77.3 Å². The van der Waals surface area contributed by atoms with Crippen molar-refractivity contribution in [1.82, 2.24) is 5.01 Å². The van der Waals surface area contributed by atoms with Crippen LogP contribution in [0, 0.1) is 30.6 Å². The molecule has 9 rings (SSSR count). The lowest BCUT2D eigenvalue weighted by Gasteiger charge is -2.50. The summed E-state index contributed by atoms with van der Waals surface area (Å²) in [5.41, 5.74) is 6.77. The van der Waals surface area contributed by atoms with Gasteiger partial charge in [0.15, 0.2) is 0 Å². The Bertz CT molecular complexity index is 2200. The van der Waals surface area contributed by atoms with E-state index in [9.17, 15) is 19.5 Å². The largest absolute Gasteiger partial charge is 0.508 e. The fourth-order valence-corrected chi connectivity index (χ4v) is 10.0. The van der Waals surface area contributed by atoms with Gasteiger partial charge in [0.05, 0.1) is 47.8 Å². The van der Waals surface area contributed by atoms with Crippen LogP contribution in [0.5, 0.6) is 5.75 Å². The third-order valence-corrected chi connectivity index (χ3v) is 12.5. The van der Waals surface area contributed by atoms with Crippen molar-refractivity contribution in [3.05, 3.63) is 130 Å². The first-order valence-electron chi connectivity index (χ1n) is 18.4. The highest BCUT2D eigenvalue weighted by Crippen LogP contribution is 2.65. The van der Waals surface area contributed by atoms with Gasteiger partial charge in [-0.3, -0.25) is 29.5 Å². The number of nitrogens with one attached hydrogen (secondary N) is 1. The molecule has 0 radical (unpaired) electrons. The second kappa shape index (κ2) is 13.1. The number of ether oxygens (including phenoxy) is 1. The molecule has 54 heavy (non-hydrogen) atoms. The van der Waals surface area contributed by atoms with Gasteiger partial charge in [0.1, 0.15) is 5.75 Å². The predicted octanol–water partition coefficient (Wildman–Crippen LogP) is 6.38. The number of nitrogens with zero attached hydrogens (tertiary/aromatic N) is 3. The monoisotopic (exact) mass is 742 g/mol. The third-order valence-electron chi connectivity index (χ3n) is 12.2. The van der Waals surface area contributed by atoms with Crippen LogP contribution in [0.15, 0.2) is 109 Å². The van der Waals surface area contributed by atoms with Gasteiger partial charge in [-0.2, -0.15) is 5.01 Å². The predicted molar refractivity (Wildman–Crippen MR) is 204 cm³/mol. The molecule has 0 spiro atoms. The molecule has 4 aromatic rings. The van der Waals surface area contributed by atoms with Crippen LogP contribution in [0.25, 0.3) is 0 Å². The van der Waals surface area contributed by atoms with E-state index < -0.39 is 46.8 Å². The van der Waals surface area contributed by atoms with E-state index in [0.717, 1.165) is 34.9 Å². The summed E-state index contributed by atoms with van der Waals surface area (Å²) in [6, 6.07) is 28.9. The summed E-state index contributed by atoms with van der Waals surface area (Å²) >= 11 is 6.98. The van der Waals surface area contributed by atoms with E-state index in [1.165, 1.54) is 17.0 Å². The number of hydrogen-bond acceptors (Lipinski definition) is 8. The molecule has 1 saturated carbocycles. The van der Waals surface area contributed by atoms with Gasteiger partial charge in [0.2, 0.25) is 11.8 Å². The van der Waals surface area contributed by atoms with Gasteiger partial charge in [-0.05, 0) is 85.3 Å². The zero-order valence-corrected chi connectivity index (χ0v) is 30.4. The number of fused-ring (bicyclic) bond motifs is 4. The number of imide groups is 2. The minimum absolute atomic E-state index is 0.0394. The first kappa shape index (κ1) is 34.3. The second-order valence-corrected chi connectivity index (χ2v) is 15.3. The Morgan fingerprint density at radius 1 is 0.815 bits per heavy atom. The number of morpholine rings is 1. The van der Waals surface area contributed by atoms with Gasteiger partial charge in [0, 0.05) is 29.7 Å². The number of carbonyl (C=O) groups is 4. The third kappa shape index (κ3) is 5.18. The van der Waals surface area contributed by atoms with E-state index in [0.29, 0.717) is 42.1 Å². The lowest BCUT2D eigenvalue weighted by molar-refractivity contribution is -0.138. The van der Waals surface area contributed by atoms with Crippen LogP contribution in [0.4, 0.5) is 17.1 Å². The van der Waals surface area contributed by atoms with Crippen molar-refractivity contribution in [3.8, 4) is 5.75 Å². The first-order valence-corrected chi connectivity index (χ1v) is 18.8. The van der Waals surface area contributed by atoms with Crippen LogP contribution < -0.4 is 15.2 Å². The molecular weight excluding hydrogens is 704 g/mol. The van der Waals surface area contributed by atoms with E-state index in [2.05, 4.69) is 10.3 Å². The molecule has 10 nitrogen and oxygen atoms in total. The average molecular weight is 743 g/mol. The Kier molecular flexibility index (Phi) is 8.35. The molecule has 3 saturated heterocycles. The molecular formula is C43H39ClN4O6. The number of phenols is 1. The number of allylic oxidation sites excluding steroid dienone is 2. The SMILES string of the molecule is Cc1ccc(NN2C(=O)C3CC4C(=CCC5C(=O)N(c6ccc(N7CCOCC7)cc6)C(=O)C54)C(c4ccc(O)cc4Cl)C3(c3ccccc3)C2=O)cc1. The molecule has 6 atom stereocenters. The number of rotatable bonds is 6. The maximum atomic E-state index is 15.3. The highest BCUT2D eigenvalue weighted by molar-refractivity contribution is 6.31. The minimum Gasteiger partial charge on any atom is -0.508 e. The number of phenolic OH excluding ortho intramolecular Hbond substituents is 1. The molecule has 2 N–H and O–H groups in total. The summed E-state index contributed by atoms with van der Waals surface area (Å²) in [6.07, 6.45) is 2.47. The molecule has 0 bridgehead atoms. The van der Waals surface area contributed by atoms with E-state index in [4.69, 9.17) is 16.3 Å². The van der Waals surface area contributed by atoms with Gasteiger partial charge in [-0.25, -0.2) is 0 Å². The number of amides is 4. The van der Waals surface area contributed by atoms with E-state index in [1.807, 2.05) is 91.9 Å². The Morgan fingerprint density at radius 3 is 2.22 bits per heavy atom. The highest BCUT2D eigenvalue weighted by Gasteiger charge is 2.70. The summed E-state index contributed by atoms with van der Waals surface area (Å²) < 4.78 is 5.50. The zero-order valence-electron chi connectivity index (χ0n) is 29.7. The molecule has 6 unspecified atom stereocenters. The molecule has 4 aromatic carbocycles. The Hall–Kier alpha value is -5.45. The zero-order chi connectivity index (χ0) is 37.3. The molecule has 0 aromatic heterocycles. The van der Waals surface area contributed by atoms with E-state index in [-0.39, 0.29) is 29.0 Å². The maximum absolute atomic E-state index is 15.3. The van der Waals surface area contributed by atoms with Crippen LogP contribution in [-0.4, -0.2) is 60.0 Å². The molecule has 5 aliphatic rings. The number of halogens is 1. The van der Waals surface area contributed by atoms with Gasteiger partial charge in [0.25, 0.3) is 11.8 Å². The number of hydrazine groups is 1. The van der Waals surface area contributed by atoms with Crippen molar-refractivity contribution in [2.45, 2.75) is 31.1 Å². The number of carbonyl (C=O) groups excluding carboxylic acids is 4. The van der Waals surface area contributed by atoms with Crippen LogP contribution in [0.2, 0.25) is 5.02 Å². The van der Waals surface area contributed by atoms with Crippen molar-refractivity contribution in [3.63, 3.8) is 0 Å². The van der Waals surface area contributed by atoms with E-state index in [1.54, 1.807) is 6.07 Å². The quantitative estimate of drug-likeness (QED) is 0.173. The summed E-state index contributed by atoms with van der Waals surface area (Å²) in [6.45, 7) is 4.76. The van der Waals surface area contributed by atoms with Crippen molar-refractivity contribution in [2.75, 3.05) is 41.5 Å². The summed E-state index contributed by atoms with van der Waals surface area (Å²) in [4.78, 5) is 62.6. The van der Waals surface area contributed by atoms with Crippen molar-refractivity contribution < 1.29 is 29.0 Å². The lowest BCUT2D eigenvalue weighted by atomic mass is 9.49. The molecule has 4 fully saturated rings. The van der Waals surface area contributed by atoms with Crippen LogP contribution in [-0.2, 0) is 29.3 Å². The highest BCUT2D eigenvalue weighted by atomic mass is 35.5. The smallest absolute Gasteiger partial charge is 0.260 e. The first-order chi connectivity index (χ1) is 26.2. The van der Waals surface area contributed by atoms with Gasteiger partial charge in [-0.15, -0.1) is 0 Å².